The minimum Gasteiger partial charge on any atom is -0.502 e. The van der Waals surface area contributed by atoms with E-state index in [4.69, 9.17) is 4.74 Å². The number of rotatable bonds is 6. The molecule has 0 aliphatic rings. The summed E-state index contributed by atoms with van der Waals surface area (Å²) < 4.78 is 5.39. The Morgan fingerprint density at radius 3 is 2.52 bits per heavy atom. The van der Waals surface area contributed by atoms with Gasteiger partial charge in [0, 0.05) is 11.6 Å². The van der Waals surface area contributed by atoms with Crippen molar-refractivity contribution >= 4 is 17.8 Å². The number of phenols is 1. The number of hydrogen-bond donors (Lipinski definition) is 2. The molecule has 2 rings (SSSR count). The van der Waals surface area contributed by atoms with Gasteiger partial charge >= 0.3 is 5.69 Å². The molecular weight excluding hydrogens is 350 g/mol. The molecule has 0 bridgehead atoms. The van der Waals surface area contributed by atoms with Crippen molar-refractivity contribution in [2.45, 2.75) is 26.2 Å². The first kappa shape index (κ1) is 19.9. The van der Waals surface area contributed by atoms with E-state index in [0.29, 0.717) is 5.75 Å². The van der Waals surface area contributed by atoms with Gasteiger partial charge in [0.05, 0.1) is 11.1 Å². The van der Waals surface area contributed by atoms with Crippen molar-refractivity contribution in [1.82, 2.24) is 5.43 Å². The largest absolute Gasteiger partial charge is 0.502 e. The van der Waals surface area contributed by atoms with Crippen molar-refractivity contribution in [2.24, 2.45) is 5.10 Å². The smallest absolute Gasteiger partial charge is 0.311 e. The summed E-state index contributed by atoms with van der Waals surface area (Å²) in [5.41, 5.74) is 3.10. The molecular formula is C19H21N3O5. The van der Waals surface area contributed by atoms with E-state index < -0.39 is 22.3 Å². The topological polar surface area (TPSA) is 114 Å². The molecule has 8 nitrogen and oxygen atoms in total. The maximum absolute atomic E-state index is 11.8. The zero-order valence-corrected chi connectivity index (χ0v) is 15.3. The summed E-state index contributed by atoms with van der Waals surface area (Å²) >= 11 is 0. The fourth-order valence-electron chi connectivity index (χ4n) is 2.21. The first-order valence-corrected chi connectivity index (χ1v) is 8.20. The second kappa shape index (κ2) is 8.31. The van der Waals surface area contributed by atoms with Crippen LogP contribution in [-0.4, -0.2) is 28.8 Å². The second-order valence-corrected chi connectivity index (χ2v) is 6.83. The van der Waals surface area contributed by atoms with E-state index in [1.165, 1.54) is 18.2 Å². The highest BCUT2D eigenvalue weighted by molar-refractivity contribution is 5.87. The normalized spacial score (nSPS) is 11.4. The maximum atomic E-state index is 11.8. The third kappa shape index (κ3) is 5.53. The summed E-state index contributed by atoms with van der Waals surface area (Å²) in [5.74, 6) is -0.467. The highest BCUT2D eigenvalue weighted by Gasteiger charge is 2.15. The van der Waals surface area contributed by atoms with Crippen LogP contribution >= 0.6 is 0 Å². The van der Waals surface area contributed by atoms with Crippen LogP contribution in [-0.2, 0) is 10.2 Å². The van der Waals surface area contributed by atoms with Crippen LogP contribution in [0.4, 0.5) is 5.69 Å². The molecule has 0 atom stereocenters. The van der Waals surface area contributed by atoms with Crippen LogP contribution in [0.2, 0.25) is 0 Å². The zero-order valence-electron chi connectivity index (χ0n) is 15.3. The second-order valence-electron chi connectivity index (χ2n) is 6.83. The van der Waals surface area contributed by atoms with Crippen molar-refractivity contribution in [2.75, 3.05) is 6.61 Å². The minimum absolute atomic E-state index is 0.0304. The van der Waals surface area contributed by atoms with Gasteiger partial charge in [0.25, 0.3) is 5.91 Å². The summed E-state index contributed by atoms with van der Waals surface area (Å²) in [5, 5.41) is 24.2. The molecule has 0 fully saturated rings. The summed E-state index contributed by atoms with van der Waals surface area (Å²) in [4.78, 5) is 21.8. The van der Waals surface area contributed by atoms with E-state index in [2.05, 4.69) is 31.3 Å². The van der Waals surface area contributed by atoms with Crippen LogP contribution in [0.5, 0.6) is 11.5 Å². The Balaban J connectivity index is 1.89. The summed E-state index contributed by atoms with van der Waals surface area (Å²) in [6.07, 6.45) is 1.12. The van der Waals surface area contributed by atoms with Crippen molar-refractivity contribution < 1.29 is 19.6 Å². The van der Waals surface area contributed by atoms with Gasteiger partial charge in [0.15, 0.2) is 6.61 Å². The quantitative estimate of drug-likeness (QED) is 0.460. The highest BCUT2D eigenvalue weighted by Crippen LogP contribution is 2.28. The lowest BCUT2D eigenvalue weighted by atomic mass is 9.87. The Hall–Kier alpha value is -3.42. The Morgan fingerprint density at radius 2 is 1.93 bits per heavy atom. The Labute approximate surface area is 156 Å². The number of amides is 1. The highest BCUT2D eigenvalue weighted by atomic mass is 16.6. The molecule has 1 amide bonds. The van der Waals surface area contributed by atoms with Crippen molar-refractivity contribution in [1.29, 1.82) is 0 Å². The van der Waals surface area contributed by atoms with Crippen LogP contribution < -0.4 is 10.2 Å². The van der Waals surface area contributed by atoms with Gasteiger partial charge < -0.3 is 9.84 Å². The van der Waals surface area contributed by atoms with Crippen LogP contribution in [0.3, 0.4) is 0 Å². The number of carbonyl (C=O) groups excluding carboxylic acids is 1. The predicted octanol–water partition coefficient (Wildman–Crippen LogP) is 3.13. The molecule has 0 aliphatic carbocycles. The first-order chi connectivity index (χ1) is 12.7. The molecule has 2 aromatic rings. The van der Waals surface area contributed by atoms with Crippen molar-refractivity contribution in [3.8, 4) is 11.5 Å². The fraction of sp³-hybridized carbons (Fsp3) is 0.263. The molecule has 0 saturated carbocycles. The zero-order chi connectivity index (χ0) is 20.0. The first-order valence-electron chi connectivity index (χ1n) is 8.20. The molecule has 142 valence electrons. The molecule has 0 spiro atoms. The molecule has 2 aromatic carbocycles. The Morgan fingerprint density at radius 1 is 1.26 bits per heavy atom. The number of nitro benzene ring substituents is 1. The van der Waals surface area contributed by atoms with Gasteiger partial charge in [-0.3, -0.25) is 14.9 Å². The SMILES string of the molecule is CC(C)(C)c1ccc(OCC(=O)N/N=C/c2cccc([N+](=O)[O-])c2O)cc1. The van der Waals surface area contributed by atoms with Gasteiger partial charge in [-0.1, -0.05) is 39.0 Å². The summed E-state index contributed by atoms with van der Waals surface area (Å²) in [7, 11) is 0. The predicted molar refractivity (Wildman–Crippen MR) is 101 cm³/mol. The number of nitrogens with one attached hydrogen (secondary N) is 1. The number of nitrogens with zero attached hydrogens (tertiary/aromatic N) is 2. The lowest BCUT2D eigenvalue weighted by Crippen LogP contribution is -2.24. The lowest BCUT2D eigenvalue weighted by Gasteiger charge is -2.19. The molecule has 0 unspecified atom stereocenters. The molecule has 27 heavy (non-hydrogen) atoms. The van der Waals surface area contributed by atoms with E-state index in [0.717, 1.165) is 11.8 Å². The molecule has 2 N–H and O–H groups in total. The molecule has 0 aromatic heterocycles. The van der Waals surface area contributed by atoms with Gasteiger partial charge in [0.2, 0.25) is 5.75 Å². The molecule has 0 aliphatic heterocycles. The van der Waals surface area contributed by atoms with Gasteiger partial charge in [-0.2, -0.15) is 5.10 Å². The van der Waals surface area contributed by atoms with Crippen LogP contribution in [0.25, 0.3) is 0 Å². The van der Waals surface area contributed by atoms with E-state index in [-0.39, 0.29) is 17.6 Å². The van der Waals surface area contributed by atoms with Gasteiger partial charge in [0.1, 0.15) is 5.75 Å². The Kier molecular flexibility index (Phi) is 6.12. The summed E-state index contributed by atoms with van der Waals surface area (Å²) in [6.45, 7) is 6.07. The number of nitro groups is 1. The minimum atomic E-state index is -0.704. The number of benzene rings is 2. The van der Waals surface area contributed by atoms with E-state index in [1.807, 2.05) is 12.1 Å². The average molecular weight is 371 g/mol. The number of para-hydroxylation sites is 1. The van der Waals surface area contributed by atoms with Crippen molar-refractivity contribution in [3.05, 3.63) is 63.7 Å². The number of aromatic hydroxyl groups is 1. The van der Waals surface area contributed by atoms with Crippen LogP contribution in [0.15, 0.2) is 47.6 Å². The Bertz CT molecular complexity index is 855. The van der Waals surface area contributed by atoms with Gasteiger partial charge in [-0.25, -0.2) is 5.43 Å². The van der Waals surface area contributed by atoms with Crippen LogP contribution in [0, 0.1) is 10.1 Å². The average Bonchev–Trinajstić information content (AvgIpc) is 2.60. The van der Waals surface area contributed by atoms with E-state index >= 15 is 0 Å². The number of ether oxygens (including phenoxy) is 1. The number of hydrogen-bond acceptors (Lipinski definition) is 6. The summed E-state index contributed by atoms with van der Waals surface area (Å²) in [6, 6.07) is 11.5. The number of phenolic OH excluding ortho intramolecular Hbond substituents is 1. The maximum Gasteiger partial charge on any atom is 0.311 e. The third-order valence-electron chi connectivity index (χ3n) is 3.73. The molecule has 8 heteroatoms. The van der Waals surface area contributed by atoms with Crippen LogP contribution in [0.1, 0.15) is 31.9 Å². The number of hydrazone groups is 1. The van der Waals surface area contributed by atoms with Crippen molar-refractivity contribution in [3.63, 3.8) is 0 Å². The molecule has 0 radical (unpaired) electrons. The molecule has 0 heterocycles. The number of carbonyl (C=O) groups is 1. The van der Waals surface area contributed by atoms with E-state index in [1.54, 1.807) is 12.1 Å². The van der Waals surface area contributed by atoms with E-state index in [9.17, 15) is 20.0 Å². The third-order valence-corrected chi connectivity index (χ3v) is 3.73. The molecule has 0 saturated heterocycles. The van der Waals surface area contributed by atoms with Gasteiger partial charge in [-0.15, -0.1) is 0 Å². The monoisotopic (exact) mass is 371 g/mol. The standard InChI is InChI=1S/C19H21N3O5/c1-19(2,3)14-7-9-15(10-8-14)27-12-17(23)21-20-11-13-5-4-6-16(18(13)24)22(25)26/h4-11,24H,12H2,1-3H3,(H,21,23)/b20-11+. The lowest BCUT2D eigenvalue weighted by molar-refractivity contribution is -0.385. The van der Waals surface area contributed by atoms with Gasteiger partial charge in [-0.05, 0) is 29.2 Å². The fourth-order valence-corrected chi connectivity index (χ4v) is 2.21.